The lowest BCUT2D eigenvalue weighted by atomic mass is 10.0. The predicted molar refractivity (Wildman–Crippen MR) is 85.1 cm³/mol. The maximum Gasteiger partial charge on any atom is 0.271 e. The Labute approximate surface area is 129 Å². The van der Waals surface area contributed by atoms with Crippen LogP contribution in [0.25, 0.3) is 10.9 Å². The zero-order chi connectivity index (χ0) is 15.5. The lowest BCUT2D eigenvalue weighted by Crippen LogP contribution is -2.42. The summed E-state index contributed by atoms with van der Waals surface area (Å²) in [6, 6.07) is 7.71. The van der Waals surface area contributed by atoms with Crippen LogP contribution in [0.2, 0.25) is 0 Å². The molecule has 0 atom stereocenters. The number of hydrazine groups is 1. The third kappa shape index (κ3) is 2.98. The van der Waals surface area contributed by atoms with E-state index in [2.05, 4.69) is 10.9 Å². The number of fused-ring (bicyclic) bond motifs is 1. The van der Waals surface area contributed by atoms with Crippen molar-refractivity contribution in [2.45, 2.75) is 32.1 Å². The van der Waals surface area contributed by atoms with Gasteiger partial charge in [-0.2, -0.15) is 0 Å². The number of para-hydroxylation sites is 1. The molecule has 1 saturated carbocycles. The molecule has 1 fully saturated rings. The quantitative estimate of drug-likeness (QED) is 0.855. The van der Waals surface area contributed by atoms with Gasteiger partial charge >= 0.3 is 0 Å². The summed E-state index contributed by atoms with van der Waals surface area (Å²) in [6.45, 7) is 0. The first-order valence-corrected chi connectivity index (χ1v) is 7.78. The summed E-state index contributed by atoms with van der Waals surface area (Å²) in [7, 11) is 1.90. The van der Waals surface area contributed by atoms with E-state index in [1.165, 1.54) is 12.8 Å². The van der Waals surface area contributed by atoms with Crippen LogP contribution in [0.15, 0.2) is 30.5 Å². The molecule has 3 rings (SSSR count). The minimum Gasteiger partial charge on any atom is -0.350 e. The van der Waals surface area contributed by atoms with Gasteiger partial charge in [0.15, 0.2) is 0 Å². The Morgan fingerprint density at radius 1 is 1.18 bits per heavy atom. The minimum atomic E-state index is -0.281. The molecule has 116 valence electrons. The van der Waals surface area contributed by atoms with Crippen LogP contribution in [0.5, 0.6) is 0 Å². The highest BCUT2D eigenvalue weighted by molar-refractivity contribution is 6.07. The zero-order valence-corrected chi connectivity index (χ0v) is 12.8. The molecule has 2 aromatic rings. The van der Waals surface area contributed by atoms with Crippen molar-refractivity contribution < 1.29 is 9.59 Å². The van der Waals surface area contributed by atoms with E-state index in [1.807, 2.05) is 35.9 Å². The minimum absolute atomic E-state index is 0.111. The van der Waals surface area contributed by atoms with Gasteiger partial charge in [-0.15, -0.1) is 0 Å². The van der Waals surface area contributed by atoms with Crippen molar-refractivity contribution in [3.05, 3.63) is 36.0 Å². The number of carbonyl (C=O) groups excluding carboxylic acids is 2. The number of nitrogens with zero attached hydrogens (tertiary/aromatic N) is 1. The average Bonchev–Trinajstić information content (AvgIpc) is 3.14. The Morgan fingerprint density at radius 3 is 2.68 bits per heavy atom. The molecule has 1 aliphatic rings. The number of rotatable bonds is 3. The van der Waals surface area contributed by atoms with Crippen LogP contribution in [0, 0.1) is 5.92 Å². The van der Waals surface area contributed by atoms with E-state index in [0.29, 0.717) is 17.9 Å². The molecule has 1 aromatic heterocycles. The van der Waals surface area contributed by atoms with Crippen LogP contribution >= 0.6 is 0 Å². The summed E-state index contributed by atoms with van der Waals surface area (Å²) in [4.78, 5) is 24.1. The molecule has 22 heavy (non-hydrogen) atoms. The number of hydrogen-bond donors (Lipinski definition) is 2. The molecular formula is C17H21N3O2. The van der Waals surface area contributed by atoms with Gasteiger partial charge in [-0.1, -0.05) is 31.0 Å². The molecule has 5 heteroatoms. The maximum atomic E-state index is 12.3. The Morgan fingerprint density at radius 2 is 1.91 bits per heavy atom. The fourth-order valence-electron chi connectivity index (χ4n) is 3.24. The van der Waals surface area contributed by atoms with E-state index < -0.39 is 0 Å². The first-order valence-electron chi connectivity index (χ1n) is 7.78. The summed E-state index contributed by atoms with van der Waals surface area (Å²) in [6.07, 6.45) is 6.93. The second kappa shape index (κ2) is 6.22. The van der Waals surface area contributed by atoms with Crippen LogP contribution in [-0.2, 0) is 11.8 Å². The molecule has 1 aromatic carbocycles. The first kappa shape index (κ1) is 14.6. The number of benzene rings is 1. The van der Waals surface area contributed by atoms with Crippen LogP contribution in [0.1, 0.15) is 42.5 Å². The SMILES string of the molecule is Cn1cc(C(=O)NNC(=O)CC2CCCC2)c2ccccc21. The van der Waals surface area contributed by atoms with Crippen LogP contribution in [0.4, 0.5) is 0 Å². The van der Waals surface area contributed by atoms with Crippen molar-refractivity contribution in [1.82, 2.24) is 15.4 Å². The standard InChI is InChI=1S/C17H21N3O2/c1-20-11-14(13-8-4-5-9-15(13)20)17(22)19-18-16(21)10-12-6-2-3-7-12/h4-5,8-9,11-12H,2-3,6-7,10H2,1H3,(H,18,21)(H,19,22). The summed E-state index contributed by atoms with van der Waals surface area (Å²) >= 11 is 0. The highest BCUT2D eigenvalue weighted by atomic mass is 16.2. The molecule has 0 saturated heterocycles. The van der Waals surface area contributed by atoms with Crippen molar-refractivity contribution >= 4 is 22.7 Å². The summed E-state index contributed by atoms with van der Waals surface area (Å²) in [5.41, 5.74) is 6.62. The molecule has 5 nitrogen and oxygen atoms in total. The van der Waals surface area contributed by atoms with Crippen molar-refractivity contribution in [3.8, 4) is 0 Å². The monoisotopic (exact) mass is 299 g/mol. The van der Waals surface area contributed by atoms with Gasteiger partial charge in [0, 0.05) is 30.6 Å². The largest absolute Gasteiger partial charge is 0.350 e. The average molecular weight is 299 g/mol. The fraction of sp³-hybridized carbons (Fsp3) is 0.412. The number of nitrogens with one attached hydrogen (secondary N) is 2. The molecule has 1 aliphatic carbocycles. The number of aromatic nitrogens is 1. The smallest absolute Gasteiger partial charge is 0.271 e. The van der Waals surface area contributed by atoms with Crippen LogP contribution < -0.4 is 10.9 Å². The molecule has 0 spiro atoms. The number of hydrogen-bond acceptors (Lipinski definition) is 2. The van der Waals surface area contributed by atoms with Gasteiger partial charge in [0.2, 0.25) is 5.91 Å². The van der Waals surface area contributed by atoms with Crippen molar-refractivity contribution in [3.63, 3.8) is 0 Å². The Bertz CT molecular complexity index is 699. The highest BCUT2D eigenvalue weighted by Gasteiger charge is 2.19. The maximum absolute atomic E-state index is 12.3. The van der Waals surface area contributed by atoms with Gasteiger partial charge in [-0.3, -0.25) is 20.4 Å². The number of carbonyl (C=O) groups is 2. The highest BCUT2D eigenvalue weighted by Crippen LogP contribution is 2.27. The van der Waals surface area contributed by atoms with E-state index in [-0.39, 0.29) is 11.8 Å². The molecule has 0 unspecified atom stereocenters. The number of aryl methyl sites for hydroxylation is 1. The molecular weight excluding hydrogens is 278 g/mol. The number of amides is 2. The molecule has 1 heterocycles. The Kier molecular flexibility index (Phi) is 4.13. The van der Waals surface area contributed by atoms with Crippen molar-refractivity contribution in [2.75, 3.05) is 0 Å². The fourth-order valence-corrected chi connectivity index (χ4v) is 3.24. The van der Waals surface area contributed by atoms with Crippen LogP contribution in [0.3, 0.4) is 0 Å². The molecule has 0 radical (unpaired) electrons. The van der Waals surface area contributed by atoms with Crippen molar-refractivity contribution in [1.29, 1.82) is 0 Å². The first-order chi connectivity index (χ1) is 10.6. The van der Waals surface area contributed by atoms with Gasteiger partial charge in [0.25, 0.3) is 5.91 Å². The van der Waals surface area contributed by atoms with Crippen LogP contribution in [-0.4, -0.2) is 16.4 Å². The Hall–Kier alpha value is -2.30. The molecule has 2 amide bonds. The van der Waals surface area contributed by atoms with Gasteiger partial charge in [0.05, 0.1) is 5.56 Å². The second-order valence-electron chi connectivity index (χ2n) is 6.03. The lowest BCUT2D eigenvalue weighted by molar-refractivity contribution is -0.122. The predicted octanol–water partition coefficient (Wildman–Crippen LogP) is 2.52. The van der Waals surface area contributed by atoms with E-state index in [4.69, 9.17) is 0 Å². The third-order valence-corrected chi connectivity index (χ3v) is 4.41. The Balaban J connectivity index is 1.62. The lowest BCUT2D eigenvalue weighted by Gasteiger charge is -2.10. The topological polar surface area (TPSA) is 63.1 Å². The summed E-state index contributed by atoms with van der Waals surface area (Å²) in [5, 5.41) is 0.882. The van der Waals surface area contributed by atoms with Gasteiger partial charge in [-0.05, 0) is 24.8 Å². The molecule has 0 bridgehead atoms. The summed E-state index contributed by atoms with van der Waals surface area (Å²) in [5.74, 6) is 0.0755. The normalized spacial score (nSPS) is 15.1. The van der Waals surface area contributed by atoms with Gasteiger partial charge < -0.3 is 4.57 Å². The van der Waals surface area contributed by atoms with E-state index >= 15 is 0 Å². The van der Waals surface area contributed by atoms with Gasteiger partial charge in [0.1, 0.15) is 0 Å². The molecule has 0 aliphatic heterocycles. The zero-order valence-electron chi connectivity index (χ0n) is 12.8. The van der Waals surface area contributed by atoms with E-state index in [1.54, 1.807) is 6.20 Å². The second-order valence-corrected chi connectivity index (χ2v) is 6.03. The third-order valence-electron chi connectivity index (χ3n) is 4.41. The molecule has 2 N–H and O–H groups in total. The summed E-state index contributed by atoms with van der Waals surface area (Å²) < 4.78 is 1.91. The van der Waals surface area contributed by atoms with Crippen molar-refractivity contribution in [2.24, 2.45) is 13.0 Å². The van der Waals surface area contributed by atoms with E-state index in [0.717, 1.165) is 23.7 Å². The van der Waals surface area contributed by atoms with E-state index in [9.17, 15) is 9.59 Å². The van der Waals surface area contributed by atoms with Gasteiger partial charge in [-0.25, -0.2) is 0 Å².